The maximum absolute atomic E-state index is 4.83. The molecule has 4 rings (SSSR count). The smallest absolute Gasteiger partial charge is 0.225 e. The van der Waals surface area contributed by atoms with Crippen LogP contribution in [0, 0.1) is 0 Å². The minimum atomic E-state index is 0.280. The highest BCUT2D eigenvalue weighted by atomic mass is 15.2. The predicted octanol–water partition coefficient (Wildman–Crippen LogP) is 5.05. The summed E-state index contributed by atoms with van der Waals surface area (Å²) in [5.41, 5.74) is 4.69. The highest BCUT2D eigenvalue weighted by Crippen LogP contribution is 2.34. The van der Waals surface area contributed by atoms with Gasteiger partial charge < -0.3 is 10.2 Å². The Labute approximate surface area is 154 Å². The third kappa shape index (κ3) is 3.40. The van der Waals surface area contributed by atoms with Gasteiger partial charge in [-0.25, -0.2) is 4.98 Å². The number of hydrogen-bond donors (Lipinski definition) is 1. The van der Waals surface area contributed by atoms with Crippen molar-refractivity contribution in [3.8, 4) is 11.3 Å². The van der Waals surface area contributed by atoms with E-state index in [1.807, 2.05) is 18.2 Å². The van der Waals surface area contributed by atoms with E-state index in [9.17, 15) is 0 Å². The highest BCUT2D eigenvalue weighted by Gasteiger charge is 2.20. The summed E-state index contributed by atoms with van der Waals surface area (Å²) in [6.07, 6.45) is 2.26. The molecule has 0 fully saturated rings. The summed E-state index contributed by atoms with van der Waals surface area (Å²) in [7, 11) is 0. The van der Waals surface area contributed by atoms with E-state index in [4.69, 9.17) is 9.97 Å². The predicted molar refractivity (Wildman–Crippen MR) is 108 cm³/mol. The number of rotatable bonds is 4. The van der Waals surface area contributed by atoms with Gasteiger partial charge in [0, 0.05) is 29.9 Å². The molecule has 26 heavy (non-hydrogen) atoms. The fourth-order valence-corrected chi connectivity index (χ4v) is 3.42. The standard InChI is InChI=1S/C22H24N4/c1-16(2)23-22-24-19(17-9-4-3-5-10-17)15-21(25-22)26-14-8-12-18-11-6-7-13-20(18)26/h3-7,9-11,13,15-16H,8,12,14H2,1-2H3,(H,23,24,25). The summed E-state index contributed by atoms with van der Waals surface area (Å²) in [6, 6.07) is 21.3. The van der Waals surface area contributed by atoms with Gasteiger partial charge in [-0.15, -0.1) is 0 Å². The van der Waals surface area contributed by atoms with Crippen molar-refractivity contribution in [3.63, 3.8) is 0 Å². The molecule has 0 atom stereocenters. The topological polar surface area (TPSA) is 41.1 Å². The van der Waals surface area contributed by atoms with Gasteiger partial charge in [0.15, 0.2) is 0 Å². The molecule has 3 aromatic rings. The zero-order valence-electron chi connectivity index (χ0n) is 15.3. The molecule has 0 aliphatic carbocycles. The van der Waals surface area contributed by atoms with Crippen LogP contribution in [0.2, 0.25) is 0 Å². The molecular formula is C22H24N4. The molecule has 132 valence electrons. The molecule has 0 radical (unpaired) electrons. The Morgan fingerprint density at radius 2 is 1.73 bits per heavy atom. The molecule has 1 aromatic heterocycles. The van der Waals surface area contributed by atoms with Crippen LogP contribution in [0.15, 0.2) is 60.7 Å². The van der Waals surface area contributed by atoms with Crippen LogP contribution in [-0.2, 0) is 6.42 Å². The van der Waals surface area contributed by atoms with Crippen molar-refractivity contribution in [2.75, 3.05) is 16.8 Å². The fourth-order valence-electron chi connectivity index (χ4n) is 3.42. The first-order valence-corrected chi connectivity index (χ1v) is 9.27. The molecule has 4 heteroatoms. The number of aryl methyl sites for hydroxylation is 1. The summed E-state index contributed by atoms with van der Waals surface area (Å²) in [6.45, 7) is 5.19. The zero-order valence-corrected chi connectivity index (χ0v) is 15.3. The largest absolute Gasteiger partial charge is 0.352 e. The second kappa shape index (κ2) is 7.16. The Morgan fingerprint density at radius 1 is 0.962 bits per heavy atom. The number of benzene rings is 2. The third-order valence-corrected chi connectivity index (χ3v) is 4.59. The molecular weight excluding hydrogens is 320 g/mol. The van der Waals surface area contributed by atoms with E-state index in [2.05, 4.69) is 66.5 Å². The molecule has 0 spiro atoms. The van der Waals surface area contributed by atoms with Gasteiger partial charge in [0.2, 0.25) is 5.95 Å². The zero-order chi connectivity index (χ0) is 17.9. The highest BCUT2D eigenvalue weighted by molar-refractivity contribution is 5.71. The summed E-state index contributed by atoms with van der Waals surface area (Å²) in [4.78, 5) is 11.9. The Balaban J connectivity index is 1.81. The van der Waals surface area contributed by atoms with Crippen LogP contribution in [0.3, 0.4) is 0 Å². The minimum Gasteiger partial charge on any atom is -0.352 e. The molecule has 0 unspecified atom stereocenters. The summed E-state index contributed by atoms with van der Waals surface area (Å²) >= 11 is 0. The van der Waals surface area contributed by atoms with E-state index in [1.165, 1.54) is 11.3 Å². The molecule has 2 aromatic carbocycles. The van der Waals surface area contributed by atoms with Crippen molar-refractivity contribution >= 4 is 17.5 Å². The first-order valence-electron chi connectivity index (χ1n) is 9.27. The van der Waals surface area contributed by atoms with Crippen LogP contribution in [0.1, 0.15) is 25.8 Å². The van der Waals surface area contributed by atoms with Gasteiger partial charge in [0.05, 0.1) is 5.69 Å². The number of hydrogen-bond acceptors (Lipinski definition) is 4. The summed E-state index contributed by atoms with van der Waals surface area (Å²) in [5, 5.41) is 3.37. The van der Waals surface area contributed by atoms with Gasteiger partial charge in [-0.05, 0) is 38.3 Å². The van der Waals surface area contributed by atoms with Crippen molar-refractivity contribution in [2.45, 2.75) is 32.7 Å². The molecule has 1 aliphatic heterocycles. The van der Waals surface area contributed by atoms with Crippen molar-refractivity contribution < 1.29 is 0 Å². The molecule has 1 aliphatic rings. The Bertz CT molecular complexity index is 890. The van der Waals surface area contributed by atoms with Crippen LogP contribution in [0.4, 0.5) is 17.5 Å². The normalized spacial score (nSPS) is 13.6. The molecule has 0 saturated carbocycles. The molecule has 2 heterocycles. The molecule has 0 bridgehead atoms. The van der Waals surface area contributed by atoms with E-state index in [1.54, 1.807) is 0 Å². The van der Waals surface area contributed by atoms with Gasteiger partial charge in [0.25, 0.3) is 0 Å². The van der Waals surface area contributed by atoms with Crippen LogP contribution in [-0.4, -0.2) is 22.6 Å². The van der Waals surface area contributed by atoms with E-state index < -0.39 is 0 Å². The van der Waals surface area contributed by atoms with Gasteiger partial charge in [-0.2, -0.15) is 4.98 Å². The number of para-hydroxylation sites is 1. The number of anilines is 3. The Kier molecular flexibility index (Phi) is 4.57. The maximum Gasteiger partial charge on any atom is 0.225 e. The second-order valence-corrected chi connectivity index (χ2v) is 6.98. The van der Waals surface area contributed by atoms with Crippen LogP contribution >= 0.6 is 0 Å². The van der Waals surface area contributed by atoms with Gasteiger partial charge >= 0.3 is 0 Å². The average molecular weight is 344 g/mol. The maximum atomic E-state index is 4.83. The second-order valence-electron chi connectivity index (χ2n) is 6.98. The van der Waals surface area contributed by atoms with Crippen molar-refractivity contribution in [1.82, 2.24) is 9.97 Å². The number of nitrogens with zero attached hydrogens (tertiary/aromatic N) is 3. The number of nitrogens with one attached hydrogen (secondary N) is 1. The summed E-state index contributed by atoms with van der Waals surface area (Å²) < 4.78 is 0. The van der Waals surface area contributed by atoms with Crippen LogP contribution in [0.25, 0.3) is 11.3 Å². The third-order valence-electron chi connectivity index (χ3n) is 4.59. The average Bonchev–Trinajstić information content (AvgIpc) is 2.67. The lowest BCUT2D eigenvalue weighted by Crippen LogP contribution is -2.26. The van der Waals surface area contributed by atoms with Gasteiger partial charge in [0.1, 0.15) is 5.82 Å². The van der Waals surface area contributed by atoms with E-state index >= 15 is 0 Å². The molecule has 0 saturated heterocycles. The monoisotopic (exact) mass is 344 g/mol. The number of fused-ring (bicyclic) bond motifs is 1. The van der Waals surface area contributed by atoms with E-state index in [0.717, 1.165) is 36.5 Å². The quantitative estimate of drug-likeness (QED) is 0.719. The Morgan fingerprint density at radius 3 is 2.54 bits per heavy atom. The lowest BCUT2D eigenvalue weighted by molar-refractivity contribution is 0.758. The van der Waals surface area contributed by atoms with Crippen LogP contribution in [0.5, 0.6) is 0 Å². The fraction of sp³-hybridized carbons (Fsp3) is 0.273. The minimum absolute atomic E-state index is 0.280. The van der Waals surface area contributed by atoms with Crippen molar-refractivity contribution in [3.05, 3.63) is 66.2 Å². The first-order chi connectivity index (χ1) is 12.7. The van der Waals surface area contributed by atoms with E-state index in [-0.39, 0.29) is 6.04 Å². The lowest BCUT2D eigenvalue weighted by atomic mass is 10.0. The SMILES string of the molecule is CC(C)Nc1nc(-c2ccccc2)cc(N2CCCc3ccccc32)n1. The van der Waals surface area contributed by atoms with Crippen LogP contribution < -0.4 is 10.2 Å². The van der Waals surface area contributed by atoms with Gasteiger partial charge in [-0.1, -0.05) is 48.5 Å². The molecule has 4 nitrogen and oxygen atoms in total. The lowest BCUT2D eigenvalue weighted by Gasteiger charge is -2.31. The molecule has 1 N–H and O–H groups in total. The van der Waals surface area contributed by atoms with Crippen molar-refractivity contribution in [1.29, 1.82) is 0 Å². The summed E-state index contributed by atoms with van der Waals surface area (Å²) in [5.74, 6) is 1.63. The first kappa shape index (κ1) is 16.6. The van der Waals surface area contributed by atoms with Gasteiger partial charge in [-0.3, -0.25) is 0 Å². The van der Waals surface area contributed by atoms with Crippen molar-refractivity contribution in [2.24, 2.45) is 0 Å². The van der Waals surface area contributed by atoms with E-state index in [0.29, 0.717) is 5.95 Å². The Hall–Kier alpha value is -2.88. The molecule has 0 amide bonds. The number of aromatic nitrogens is 2.